The summed E-state index contributed by atoms with van der Waals surface area (Å²) in [6.07, 6.45) is 0. The lowest BCUT2D eigenvalue weighted by Crippen LogP contribution is -2.16. The van der Waals surface area contributed by atoms with Gasteiger partial charge >= 0.3 is 6.61 Å². The Balaban J connectivity index is 1.84. The number of aryl methyl sites for hydroxylation is 1. The van der Waals surface area contributed by atoms with Crippen molar-refractivity contribution in [2.45, 2.75) is 27.0 Å². The van der Waals surface area contributed by atoms with E-state index in [1.54, 1.807) is 23.7 Å². The number of ether oxygens (including phenoxy) is 1. The van der Waals surface area contributed by atoms with E-state index < -0.39 is 12.5 Å². The molecule has 1 amide bonds. The summed E-state index contributed by atoms with van der Waals surface area (Å²) in [6.45, 7) is 1.05. The summed E-state index contributed by atoms with van der Waals surface area (Å²) in [5.74, 6) is -0.735. The maximum absolute atomic E-state index is 12.6. The average molecular weight is 406 g/mol. The van der Waals surface area contributed by atoms with Gasteiger partial charge in [-0.2, -0.15) is 13.9 Å². The van der Waals surface area contributed by atoms with Gasteiger partial charge in [-0.1, -0.05) is 35.9 Å². The van der Waals surface area contributed by atoms with Crippen molar-refractivity contribution in [1.29, 1.82) is 0 Å². The second kappa shape index (κ2) is 8.39. The van der Waals surface area contributed by atoms with Crippen LogP contribution >= 0.6 is 11.6 Å². The SMILES string of the molecule is Cc1nn(Cc2cccc(Cl)c2)c(C)c1NC(=O)c1ccccc1OC(F)F. The third kappa shape index (κ3) is 4.48. The predicted molar refractivity (Wildman–Crippen MR) is 103 cm³/mol. The van der Waals surface area contributed by atoms with Crippen LogP contribution in [0, 0.1) is 13.8 Å². The molecule has 0 aliphatic carbocycles. The van der Waals surface area contributed by atoms with Crippen molar-refractivity contribution in [2.75, 3.05) is 5.32 Å². The lowest BCUT2D eigenvalue weighted by molar-refractivity contribution is -0.0501. The number of hydrogen-bond donors (Lipinski definition) is 1. The number of alkyl halides is 2. The number of halogens is 3. The van der Waals surface area contributed by atoms with Crippen LogP contribution in [0.2, 0.25) is 5.02 Å². The van der Waals surface area contributed by atoms with Gasteiger partial charge in [0.05, 0.1) is 29.2 Å². The first-order valence-corrected chi connectivity index (χ1v) is 8.86. The van der Waals surface area contributed by atoms with E-state index in [4.69, 9.17) is 11.6 Å². The first-order valence-electron chi connectivity index (χ1n) is 8.49. The van der Waals surface area contributed by atoms with E-state index in [9.17, 15) is 13.6 Å². The van der Waals surface area contributed by atoms with Gasteiger partial charge in [0.1, 0.15) is 5.75 Å². The summed E-state index contributed by atoms with van der Waals surface area (Å²) in [6, 6.07) is 13.3. The molecule has 2 aromatic carbocycles. The molecular formula is C20H18ClF2N3O2. The number of nitrogens with one attached hydrogen (secondary N) is 1. The number of anilines is 1. The van der Waals surface area contributed by atoms with E-state index in [2.05, 4.69) is 15.2 Å². The number of rotatable bonds is 6. The van der Waals surface area contributed by atoms with Crippen LogP contribution in [-0.4, -0.2) is 22.3 Å². The molecule has 1 N–H and O–H groups in total. The van der Waals surface area contributed by atoms with Crippen LogP contribution in [0.5, 0.6) is 5.75 Å². The number of carbonyl (C=O) groups excluding carboxylic acids is 1. The maximum Gasteiger partial charge on any atom is 0.387 e. The topological polar surface area (TPSA) is 56.2 Å². The Bertz CT molecular complexity index is 1000. The van der Waals surface area contributed by atoms with E-state index in [0.29, 0.717) is 22.9 Å². The molecule has 146 valence electrons. The van der Waals surface area contributed by atoms with Crippen molar-refractivity contribution in [3.05, 3.63) is 76.1 Å². The number of benzene rings is 2. The summed E-state index contributed by atoms with van der Waals surface area (Å²) in [4.78, 5) is 12.6. The lowest BCUT2D eigenvalue weighted by atomic mass is 10.1. The maximum atomic E-state index is 12.6. The predicted octanol–water partition coefficient (Wildman–Crippen LogP) is 5.06. The minimum atomic E-state index is -3.02. The molecule has 0 fully saturated rings. The largest absolute Gasteiger partial charge is 0.434 e. The molecule has 28 heavy (non-hydrogen) atoms. The molecule has 0 bridgehead atoms. The third-order valence-electron chi connectivity index (χ3n) is 4.19. The Morgan fingerprint density at radius 3 is 2.68 bits per heavy atom. The van der Waals surface area contributed by atoms with Gasteiger partial charge in [0.15, 0.2) is 0 Å². The van der Waals surface area contributed by atoms with Crippen molar-refractivity contribution < 1.29 is 18.3 Å². The minimum absolute atomic E-state index is 0.0178. The fraction of sp³-hybridized carbons (Fsp3) is 0.200. The minimum Gasteiger partial charge on any atom is -0.434 e. The smallest absolute Gasteiger partial charge is 0.387 e. The van der Waals surface area contributed by atoms with Gasteiger partial charge in [-0.05, 0) is 43.7 Å². The normalized spacial score (nSPS) is 10.9. The van der Waals surface area contributed by atoms with Gasteiger partial charge in [0.25, 0.3) is 5.91 Å². The van der Waals surface area contributed by atoms with Crippen molar-refractivity contribution in [3.63, 3.8) is 0 Å². The van der Waals surface area contributed by atoms with Crippen LogP contribution in [0.15, 0.2) is 48.5 Å². The van der Waals surface area contributed by atoms with E-state index in [-0.39, 0.29) is 11.3 Å². The summed E-state index contributed by atoms with van der Waals surface area (Å²) >= 11 is 6.02. The molecular weight excluding hydrogens is 388 g/mol. The Morgan fingerprint density at radius 2 is 1.96 bits per heavy atom. The Morgan fingerprint density at radius 1 is 1.21 bits per heavy atom. The number of amides is 1. The molecule has 5 nitrogen and oxygen atoms in total. The summed E-state index contributed by atoms with van der Waals surface area (Å²) in [5, 5.41) is 7.84. The van der Waals surface area contributed by atoms with Crippen molar-refractivity contribution in [3.8, 4) is 5.75 Å². The number of carbonyl (C=O) groups is 1. The van der Waals surface area contributed by atoms with Crippen molar-refractivity contribution >= 4 is 23.2 Å². The monoisotopic (exact) mass is 405 g/mol. The molecule has 8 heteroatoms. The molecule has 3 rings (SSSR count). The molecule has 1 heterocycles. The van der Waals surface area contributed by atoms with Crippen LogP contribution < -0.4 is 10.1 Å². The van der Waals surface area contributed by atoms with Crippen LogP contribution in [0.1, 0.15) is 27.3 Å². The molecule has 0 atom stereocenters. The average Bonchev–Trinajstić information content (AvgIpc) is 2.89. The Hall–Kier alpha value is -2.93. The number of hydrogen-bond acceptors (Lipinski definition) is 3. The molecule has 3 aromatic rings. The van der Waals surface area contributed by atoms with Crippen molar-refractivity contribution in [1.82, 2.24) is 9.78 Å². The highest BCUT2D eigenvalue weighted by atomic mass is 35.5. The highest BCUT2D eigenvalue weighted by Gasteiger charge is 2.19. The Labute approximate surface area is 165 Å². The molecule has 0 aliphatic rings. The van der Waals surface area contributed by atoms with E-state index in [1.807, 2.05) is 25.1 Å². The highest BCUT2D eigenvalue weighted by Crippen LogP contribution is 2.25. The van der Waals surface area contributed by atoms with E-state index >= 15 is 0 Å². The fourth-order valence-electron chi connectivity index (χ4n) is 2.87. The lowest BCUT2D eigenvalue weighted by Gasteiger charge is -2.11. The van der Waals surface area contributed by atoms with E-state index in [0.717, 1.165) is 11.3 Å². The summed E-state index contributed by atoms with van der Waals surface area (Å²) in [7, 11) is 0. The Kier molecular flexibility index (Phi) is 5.94. The van der Waals surface area contributed by atoms with Gasteiger partial charge < -0.3 is 10.1 Å². The molecule has 0 saturated heterocycles. The van der Waals surface area contributed by atoms with Gasteiger partial charge in [-0.25, -0.2) is 0 Å². The van der Waals surface area contributed by atoms with Crippen LogP contribution in [0.3, 0.4) is 0 Å². The third-order valence-corrected chi connectivity index (χ3v) is 4.42. The number of para-hydroxylation sites is 1. The quantitative estimate of drug-likeness (QED) is 0.624. The second-order valence-corrected chi connectivity index (χ2v) is 6.60. The molecule has 1 aromatic heterocycles. The van der Waals surface area contributed by atoms with Gasteiger partial charge in [-0.15, -0.1) is 0 Å². The standard InChI is InChI=1S/C20H18ClF2N3O2/c1-12-18(13(2)26(25-12)11-14-6-5-7-15(21)10-14)24-19(27)16-8-3-4-9-17(16)28-20(22)23/h3-10,20H,11H2,1-2H3,(H,24,27). The van der Waals surface area contributed by atoms with Gasteiger partial charge in [0, 0.05) is 5.02 Å². The second-order valence-electron chi connectivity index (χ2n) is 6.16. The number of aromatic nitrogens is 2. The molecule has 0 spiro atoms. The first-order chi connectivity index (χ1) is 13.3. The van der Waals surface area contributed by atoms with Gasteiger partial charge in [-0.3, -0.25) is 9.48 Å². The fourth-order valence-corrected chi connectivity index (χ4v) is 3.09. The van der Waals surface area contributed by atoms with Gasteiger partial charge in [0.2, 0.25) is 0 Å². The highest BCUT2D eigenvalue weighted by molar-refractivity contribution is 6.30. The van der Waals surface area contributed by atoms with E-state index in [1.165, 1.54) is 18.2 Å². The molecule has 0 saturated carbocycles. The van der Waals surface area contributed by atoms with Crippen LogP contribution in [0.25, 0.3) is 0 Å². The zero-order chi connectivity index (χ0) is 20.3. The van der Waals surface area contributed by atoms with Crippen molar-refractivity contribution in [2.24, 2.45) is 0 Å². The van der Waals surface area contributed by atoms with Crippen LogP contribution in [-0.2, 0) is 6.54 Å². The van der Waals surface area contributed by atoms with Crippen LogP contribution in [0.4, 0.5) is 14.5 Å². The first kappa shape index (κ1) is 19.8. The zero-order valence-electron chi connectivity index (χ0n) is 15.2. The molecule has 0 aliphatic heterocycles. The zero-order valence-corrected chi connectivity index (χ0v) is 16.0. The molecule has 0 unspecified atom stereocenters. The summed E-state index contributed by atoms with van der Waals surface area (Å²) in [5.41, 5.74) is 2.85. The molecule has 0 radical (unpaired) electrons. The number of nitrogens with zero attached hydrogens (tertiary/aromatic N) is 2. The summed E-state index contributed by atoms with van der Waals surface area (Å²) < 4.78 is 31.3.